The second kappa shape index (κ2) is 28.4. The molecule has 1 saturated heterocycles. The molecule has 0 radical (unpaired) electrons. The number of aliphatic carboxylic acids is 4. The molecule has 0 atom stereocenters. The third-order valence-corrected chi connectivity index (χ3v) is 3.57. The van der Waals surface area contributed by atoms with Crippen LogP contribution in [0.2, 0.25) is 0 Å². The molecule has 0 unspecified atom stereocenters. The number of carboxylic acid groups (broad SMARTS) is 4. The number of carbonyl (C=O) groups excluding carboxylic acids is 4. The van der Waals surface area contributed by atoms with Crippen LogP contribution in [0.4, 0.5) is 0 Å². The molecule has 4 N–H and O–H groups in total. The number of ether oxygens (including phenoxy) is 1. The number of hydrogen-bond acceptors (Lipinski definition) is 11. The van der Waals surface area contributed by atoms with Gasteiger partial charge in [0.25, 0.3) is 0 Å². The second-order valence-corrected chi connectivity index (χ2v) is 5.92. The van der Waals surface area contributed by atoms with Gasteiger partial charge in [-0.25, -0.2) is 0 Å². The van der Waals surface area contributed by atoms with Crippen molar-refractivity contribution in [1.82, 2.24) is 0 Å². The van der Waals surface area contributed by atoms with Gasteiger partial charge in [0.15, 0.2) is 0 Å². The van der Waals surface area contributed by atoms with Crippen LogP contribution in [0.25, 0.3) is 0 Å². The minimum absolute atomic E-state index is 0. The average molecular weight is 632 g/mol. The van der Waals surface area contributed by atoms with E-state index in [4.69, 9.17) is 16.2 Å². The maximum atomic E-state index is 9.26. The zero-order chi connectivity index (χ0) is 24.6. The first-order valence-corrected chi connectivity index (χ1v) is 9.68. The molecular weight excluding hydrogens is 595 g/mol. The molecule has 11 nitrogen and oxygen atoms in total. The minimum Gasteiger partial charge on any atom is -0.550 e. The fraction of sp³-hybridized carbons (Fsp3) is 0.789. The van der Waals surface area contributed by atoms with Crippen molar-refractivity contribution in [2.45, 2.75) is 66.2 Å². The Bertz CT molecular complexity index is 396. The number of rotatable bonds is 6. The molecule has 12 heteroatoms. The monoisotopic (exact) mass is 631 g/mol. The normalized spacial score (nSPS) is 12.7. The van der Waals surface area contributed by atoms with E-state index < -0.39 is 23.9 Å². The van der Waals surface area contributed by atoms with Crippen molar-refractivity contribution in [1.29, 1.82) is 0 Å². The molecule has 0 saturated carbocycles. The molecular formula is C19H36N2O9Pt. The zero-order valence-electron chi connectivity index (χ0n) is 18.7. The molecule has 1 aliphatic heterocycles. The molecule has 1 aliphatic rings. The first-order valence-electron chi connectivity index (χ1n) is 9.68. The van der Waals surface area contributed by atoms with Crippen LogP contribution in [0.5, 0.6) is 0 Å². The van der Waals surface area contributed by atoms with Gasteiger partial charge in [0.05, 0.1) is 0 Å². The fourth-order valence-electron chi connectivity index (χ4n) is 1.30. The van der Waals surface area contributed by atoms with E-state index >= 15 is 0 Å². The summed E-state index contributed by atoms with van der Waals surface area (Å²) in [7, 11) is 0. The standard InChI is InChI=1S/C7H16N2O.4C3H6O2.Pt/c8-5-7(6-9)1-3-10-4-2-7;4*1-2-3(4)5;/h1-6,8-9H2;4*2H2,1H3,(H,4,5);/q;;;;;+4/p-4. The van der Waals surface area contributed by atoms with Crippen LogP contribution in [0.3, 0.4) is 0 Å². The summed E-state index contributed by atoms with van der Waals surface area (Å²) in [5.41, 5.74) is 11.4. The van der Waals surface area contributed by atoms with Gasteiger partial charge in [-0.3, -0.25) is 0 Å². The van der Waals surface area contributed by atoms with E-state index in [2.05, 4.69) is 0 Å². The summed E-state index contributed by atoms with van der Waals surface area (Å²) in [6.45, 7) is 9.21. The van der Waals surface area contributed by atoms with Gasteiger partial charge < -0.3 is 55.8 Å². The number of nitrogens with two attached hydrogens (primary N) is 2. The van der Waals surface area contributed by atoms with E-state index in [-0.39, 0.29) is 52.2 Å². The van der Waals surface area contributed by atoms with Gasteiger partial charge in [0, 0.05) is 37.1 Å². The molecule has 0 spiro atoms. The number of carboxylic acids is 4. The Balaban J connectivity index is -0.0000000946. The molecule has 186 valence electrons. The van der Waals surface area contributed by atoms with Crippen LogP contribution in [0, 0.1) is 5.41 Å². The minimum atomic E-state index is -0.995. The summed E-state index contributed by atoms with van der Waals surface area (Å²) in [6.07, 6.45) is 2.50. The maximum absolute atomic E-state index is 9.26. The summed E-state index contributed by atoms with van der Waals surface area (Å²) in [4.78, 5) is 37.0. The topological polar surface area (TPSA) is 222 Å². The first-order chi connectivity index (χ1) is 13.9. The van der Waals surface area contributed by atoms with Crippen molar-refractivity contribution in [3.8, 4) is 0 Å². The van der Waals surface area contributed by atoms with Gasteiger partial charge >= 0.3 is 21.1 Å². The van der Waals surface area contributed by atoms with Crippen molar-refractivity contribution >= 4 is 23.9 Å². The Kier molecular flexibility index (Phi) is 36.6. The summed E-state index contributed by atoms with van der Waals surface area (Å²) >= 11 is 0. The van der Waals surface area contributed by atoms with Crippen LogP contribution < -0.4 is 31.9 Å². The van der Waals surface area contributed by atoms with Crippen LogP contribution in [-0.4, -0.2) is 50.2 Å². The Morgan fingerprint density at radius 3 is 0.968 bits per heavy atom. The fourth-order valence-corrected chi connectivity index (χ4v) is 1.30. The smallest absolute Gasteiger partial charge is 0.550 e. The van der Waals surface area contributed by atoms with Gasteiger partial charge in [-0.1, -0.05) is 27.7 Å². The van der Waals surface area contributed by atoms with E-state index in [1.165, 1.54) is 27.7 Å². The van der Waals surface area contributed by atoms with Crippen molar-refractivity contribution in [3.63, 3.8) is 0 Å². The zero-order valence-corrected chi connectivity index (χ0v) is 21.0. The van der Waals surface area contributed by atoms with Gasteiger partial charge in [-0.2, -0.15) is 0 Å². The molecule has 31 heavy (non-hydrogen) atoms. The Morgan fingerprint density at radius 1 is 0.677 bits per heavy atom. The van der Waals surface area contributed by atoms with Gasteiger partial charge in [-0.15, -0.1) is 0 Å². The third-order valence-electron chi connectivity index (χ3n) is 3.57. The summed E-state index contributed by atoms with van der Waals surface area (Å²) < 4.78 is 5.22. The van der Waals surface area contributed by atoms with Gasteiger partial charge in [-0.05, 0) is 57.0 Å². The van der Waals surface area contributed by atoms with Gasteiger partial charge in [0.2, 0.25) is 0 Å². The predicted molar refractivity (Wildman–Crippen MR) is 102 cm³/mol. The summed E-state index contributed by atoms with van der Waals surface area (Å²) in [5.74, 6) is -3.98. The van der Waals surface area contributed by atoms with Crippen LogP contribution in [0.15, 0.2) is 0 Å². The predicted octanol–water partition coefficient (Wildman–Crippen LogP) is -3.72. The van der Waals surface area contributed by atoms with E-state index in [1.54, 1.807) is 0 Å². The summed E-state index contributed by atoms with van der Waals surface area (Å²) in [6, 6.07) is 0. The maximum Gasteiger partial charge on any atom is 4.00 e. The van der Waals surface area contributed by atoms with Crippen LogP contribution in [0.1, 0.15) is 66.2 Å². The molecule has 0 aliphatic carbocycles. The summed E-state index contributed by atoms with van der Waals surface area (Å²) in [5, 5.41) is 37.0. The SMILES string of the molecule is CCC(=O)[O-].CCC(=O)[O-].CCC(=O)[O-].CCC(=O)[O-].NCC1(CN)CCOCC1.[Pt+4]. The van der Waals surface area contributed by atoms with Crippen LogP contribution >= 0.6 is 0 Å². The van der Waals surface area contributed by atoms with Crippen LogP contribution in [-0.2, 0) is 45.0 Å². The van der Waals surface area contributed by atoms with Gasteiger partial charge in [0.1, 0.15) is 0 Å². The largest absolute Gasteiger partial charge is 4.00 e. The average Bonchev–Trinajstić information content (AvgIpc) is 2.75. The van der Waals surface area contributed by atoms with E-state index in [9.17, 15) is 39.6 Å². The Hall–Kier alpha value is -1.55. The molecule has 0 aromatic carbocycles. The number of carbonyl (C=O) groups is 4. The van der Waals surface area contributed by atoms with Crippen molar-refractivity contribution in [3.05, 3.63) is 0 Å². The first kappa shape index (κ1) is 39.9. The van der Waals surface area contributed by atoms with E-state index in [0.29, 0.717) is 13.1 Å². The van der Waals surface area contributed by atoms with Crippen molar-refractivity contribution in [2.24, 2.45) is 16.9 Å². The Labute approximate surface area is 198 Å². The molecule has 0 bridgehead atoms. The van der Waals surface area contributed by atoms with Crippen molar-refractivity contribution in [2.75, 3.05) is 26.3 Å². The molecule has 1 fully saturated rings. The quantitative estimate of drug-likeness (QED) is 0.290. The molecule has 0 aromatic rings. The molecule has 1 heterocycles. The van der Waals surface area contributed by atoms with E-state index in [1.807, 2.05) is 0 Å². The Morgan fingerprint density at radius 2 is 0.871 bits per heavy atom. The molecule has 0 aromatic heterocycles. The molecule has 0 amide bonds. The van der Waals surface area contributed by atoms with Crippen molar-refractivity contribution < 1.29 is 65.4 Å². The third kappa shape index (κ3) is 39.5. The van der Waals surface area contributed by atoms with E-state index in [0.717, 1.165) is 26.1 Å². The number of hydrogen-bond donors (Lipinski definition) is 2. The molecule has 1 rings (SSSR count). The second-order valence-electron chi connectivity index (χ2n) is 5.92.